The minimum atomic E-state index is -0.585. The van der Waals surface area contributed by atoms with E-state index in [0.717, 1.165) is 0 Å². The van der Waals surface area contributed by atoms with Crippen molar-refractivity contribution in [1.82, 2.24) is 10.3 Å². The fourth-order valence-corrected chi connectivity index (χ4v) is 4.51. The van der Waals surface area contributed by atoms with Gasteiger partial charge >= 0.3 is 6.03 Å². The van der Waals surface area contributed by atoms with Gasteiger partial charge in [-0.1, -0.05) is 59.6 Å². The molecule has 3 aromatic carbocycles. The van der Waals surface area contributed by atoms with E-state index in [-0.39, 0.29) is 37.2 Å². The Morgan fingerprint density at radius 3 is 2.35 bits per heavy atom. The number of nitrogens with zero attached hydrogens (tertiary/aromatic N) is 2. The maximum atomic E-state index is 13.3. The highest BCUT2D eigenvalue weighted by Crippen LogP contribution is 2.38. The zero-order chi connectivity index (χ0) is 28.1. The van der Waals surface area contributed by atoms with Crippen molar-refractivity contribution >= 4 is 75.6 Å². The summed E-state index contributed by atoms with van der Waals surface area (Å²) in [6, 6.07) is 18.5. The number of ketones is 1. The first kappa shape index (κ1) is 30.7. The standard InChI is InChI=1S/C29H26Cl2N4O4.ClH/c1-17-28(39-16-22-23(30)11-7-12-24(22)31)27(21-10-4-5-13-25(21)33-17)35(3)26(37)15-32-29(38)34-20-9-6-8-19(14-20)18(2)36;/h4-14H,15-16H2,1-3H3,(H2,32,34,38);1H. The molecule has 0 aliphatic rings. The molecule has 0 aliphatic carbocycles. The molecule has 0 saturated carbocycles. The first-order valence-corrected chi connectivity index (χ1v) is 12.8. The number of rotatable bonds is 8. The van der Waals surface area contributed by atoms with Crippen LogP contribution in [0.15, 0.2) is 66.7 Å². The van der Waals surface area contributed by atoms with Gasteiger partial charge in [-0.3, -0.25) is 9.59 Å². The second kappa shape index (κ2) is 13.5. The lowest BCUT2D eigenvalue weighted by molar-refractivity contribution is -0.117. The fraction of sp³-hybridized carbons (Fsp3) is 0.172. The molecule has 40 heavy (non-hydrogen) atoms. The fourth-order valence-electron chi connectivity index (χ4n) is 4.01. The Hall–Kier alpha value is -3.85. The smallest absolute Gasteiger partial charge is 0.319 e. The molecule has 3 amide bonds. The number of likely N-dealkylation sites (N-methyl/N-ethyl adjacent to an activating group) is 1. The monoisotopic (exact) mass is 600 g/mol. The maximum absolute atomic E-state index is 13.3. The number of halogens is 3. The van der Waals surface area contributed by atoms with Crippen molar-refractivity contribution in [1.29, 1.82) is 0 Å². The van der Waals surface area contributed by atoms with E-state index < -0.39 is 6.03 Å². The Balaban J connectivity index is 0.00000441. The Morgan fingerprint density at radius 1 is 0.975 bits per heavy atom. The van der Waals surface area contributed by atoms with Gasteiger partial charge in [0.25, 0.3) is 0 Å². The van der Waals surface area contributed by atoms with Crippen molar-refractivity contribution in [2.24, 2.45) is 0 Å². The minimum Gasteiger partial charge on any atom is -0.485 e. The number of nitrogens with one attached hydrogen (secondary N) is 2. The third-order valence-corrected chi connectivity index (χ3v) is 6.76. The third kappa shape index (κ3) is 7.01. The normalized spacial score (nSPS) is 10.4. The van der Waals surface area contributed by atoms with Crippen molar-refractivity contribution in [2.45, 2.75) is 20.5 Å². The van der Waals surface area contributed by atoms with Gasteiger partial charge in [-0.15, -0.1) is 12.4 Å². The molecule has 0 radical (unpaired) electrons. The van der Waals surface area contributed by atoms with Crippen molar-refractivity contribution in [3.8, 4) is 5.75 Å². The maximum Gasteiger partial charge on any atom is 0.319 e. The van der Waals surface area contributed by atoms with Crippen molar-refractivity contribution in [3.05, 3.63) is 93.6 Å². The lowest BCUT2D eigenvalue weighted by Gasteiger charge is -2.24. The Kier molecular flexibility index (Phi) is 10.3. The SMILES string of the molecule is CC(=O)c1cccc(NC(=O)NCC(=O)N(C)c2c(OCc3c(Cl)cccc3Cl)c(C)nc3ccccc23)c1.Cl. The summed E-state index contributed by atoms with van der Waals surface area (Å²) in [7, 11) is 1.61. The molecule has 0 atom stereocenters. The predicted molar refractivity (Wildman–Crippen MR) is 161 cm³/mol. The summed E-state index contributed by atoms with van der Waals surface area (Å²) < 4.78 is 6.18. The lowest BCUT2D eigenvalue weighted by atomic mass is 10.1. The highest BCUT2D eigenvalue weighted by Gasteiger charge is 2.23. The van der Waals surface area contributed by atoms with Crippen LogP contribution in [0.1, 0.15) is 28.5 Å². The summed E-state index contributed by atoms with van der Waals surface area (Å²) in [5.74, 6) is -0.115. The van der Waals surface area contributed by atoms with E-state index in [9.17, 15) is 14.4 Å². The molecule has 1 heterocycles. The highest BCUT2D eigenvalue weighted by atomic mass is 35.5. The topological polar surface area (TPSA) is 101 Å². The van der Waals surface area contributed by atoms with Crippen LogP contribution in [0.3, 0.4) is 0 Å². The summed E-state index contributed by atoms with van der Waals surface area (Å²) in [6.45, 7) is 3.01. The largest absolute Gasteiger partial charge is 0.485 e. The molecule has 208 valence electrons. The first-order valence-electron chi connectivity index (χ1n) is 12.0. The number of aryl methyl sites for hydroxylation is 1. The number of aromatic nitrogens is 1. The molecule has 8 nitrogen and oxygen atoms in total. The van der Waals surface area contributed by atoms with Crippen LogP contribution >= 0.6 is 35.6 Å². The van der Waals surface area contributed by atoms with Gasteiger partial charge in [0, 0.05) is 39.3 Å². The minimum absolute atomic E-state index is 0. The van der Waals surface area contributed by atoms with Crippen LogP contribution in [0.5, 0.6) is 5.75 Å². The van der Waals surface area contributed by atoms with Crippen LogP contribution in [0, 0.1) is 6.92 Å². The number of carbonyl (C=O) groups excluding carboxylic acids is 3. The van der Waals surface area contributed by atoms with Gasteiger partial charge in [-0.2, -0.15) is 0 Å². The van der Waals surface area contributed by atoms with E-state index in [1.807, 2.05) is 24.3 Å². The molecule has 0 fully saturated rings. The number of benzene rings is 3. The lowest BCUT2D eigenvalue weighted by Crippen LogP contribution is -2.40. The number of hydrogen-bond acceptors (Lipinski definition) is 5. The number of ether oxygens (including phenoxy) is 1. The molecule has 4 rings (SSSR count). The van der Waals surface area contributed by atoms with Gasteiger partial charge in [0.15, 0.2) is 11.5 Å². The highest BCUT2D eigenvalue weighted by molar-refractivity contribution is 6.36. The number of urea groups is 1. The number of Topliss-reactive ketones (excluding diaryl/α,β-unsaturated/α-hetero) is 1. The molecule has 0 aliphatic heterocycles. The van der Waals surface area contributed by atoms with Crippen LogP contribution in [-0.2, 0) is 11.4 Å². The zero-order valence-electron chi connectivity index (χ0n) is 22.0. The Morgan fingerprint density at radius 2 is 1.65 bits per heavy atom. The Labute approximate surface area is 248 Å². The van der Waals surface area contributed by atoms with Crippen LogP contribution in [0.4, 0.5) is 16.2 Å². The van der Waals surface area contributed by atoms with Crippen LogP contribution in [0.25, 0.3) is 10.9 Å². The zero-order valence-corrected chi connectivity index (χ0v) is 24.3. The number of amides is 3. The summed E-state index contributed by atoms with van der Waals surface area (Å²) in [4.78, 5) is 43.4. The van der Waals surface area contributed by atoms with E-state index in [1.54, 1.807) is 56.4 Å². The molecular formula is C29H27Cl3N4O4. The second-order valence-electron chi connectivity index (χ2n) is 8.78. The molecule has 4 aromatic rings. The average molecular weight is 602 g/mol. The summed E-state index contributed by atoms with van der Waals surface area (Å²) in [6.07, 6.45) is 0. The molecule has 0 saturated heterocycles. The van der Waals surface area contributed by atoms with E-state index in [4.69, 9.17) is 27.9 Å². The van der Waals surface area contributed by atoms with E-state index in [0.29, 0.717) is 54.9 Å². The van der Waals surface area contributed by atoms with Gasteiger partial charge in [-0.25, -0.2) is 9.78 Å². The number of para-hydroxylation sites is 1. The molecule has 0 unspecified atom stereocenters. The van der Waals surface area contributed by atoms with E-state index in [1.165, 1.54) is 11.8 Å². The number of pyridine rings is 1. The third-order valence-electron chi connectivity index (χ3n) is 6.05. The van der Waals surface area contributed by atoms with Crippen LogP contribution in [0.2, 0.25) is 10.0 Å². The van der Waals surface area contributed by atoms with Crippen LogP contribution < -0.4 is 20.3 Å². The van der Waals surface area contributed by atoms with Crippen molar-refractivity contribution in [3.63, 3.8) is 0 Å². The van der Waals surface area contributed by atoms with Gasteiger partial charge in [0.05, 0.1) is 23.4 Å². The number of fused-ring (bicyclic) bond motifs is 1. The molecular weight excluding hydrogens is 575 g/mol. The average Bonchev–Trinajstić information content (AvgIpc) is 2.91. The molecule has 0 spiro atoms. The van der Waals surface area contributed by atoms with E-state index >= 15 is 0 Å². The Bertz CT molecular complexity index is 1560. The molecule has 11 heteroatoms. The van der Waals surface area contributed by atoms with Gasteiger partial charge in [-0.05, 0) is 44.2 Å². The quantitative estimate of drug-likeness (QED) is 0.216. The van der Waals surface area contributed by atoms with Gasteiger partial charge in [0.2, 0.25) is 5.91 Å². The van der Waals surface area contributed by atoms with Gasteiger partial charge in [0.1, 0.15) is 6.61 Å². The van der Waals surface area contributed by atoms with E-state index in [2.05, 4.69) is 15.6 Å². The number of hydrogen-bond donors (Lipinski definition) is 2. The summed E-state index contributed by atoms with van der Waals surface area (Å²) in [5.41, 5.74) is 3.27. The summed E-state index contributed by atoms with van der Waals surface area (Å²) >= 11 is 12.7. The van der Waals surface area contributed by atoms with Crippen LogP contribution in [-0.4, -0.2) is 36.3 Å². The first-order chi connectivity index (χ1) is 18.7. The molecule has 1 aromatic heterocycles. The molecule has 0 bridgehead atoms. The predicted octanol–water partition coefficient (Wildman–Crippen LogP) is 6.84. The summed E-state index contributed by atoms with van der Waals surface area (Å²) in [5, 5.41) is 6.83. The molecule has 2 N–H and O–H groups in total. The second-order valence-corrected chi connectivity index (χ2v) is 9.59. The van der Waals surface area contributed by atoms with Gasteiger partial charge < -0.3 is 20.3 Å². The van der Waals surface area contributed by atoms with Crippen molar-refractivity contribution < 1.29 is 19.1 Å². The number of anilines is 2. The number of carbonyl (C=O) groups is 3. The van der Waals surface area contributed by atoms with Crippen molar-refractivity contribution in [2.75, 3.05) is 23.8 Å².